The van der Waals surface area contributed by atoms with E-state index in [1.807, 2.05) is 0 Å². The zero-order chi connectivity index (χ0) is 19.5. The summed E-state index contributed by atoms with van der Waals surface area (Å²) in [5.41, 5.74) is 0.510. The maximum Gasteiger partial charge on any atom is 0.309 e. The summed E-state index contributed by atoms with van der Waals surface area (Å²) in [6.07, 6.45) is 3.62. The van der Waals surface area contributed by atoms with E-state index in [9.17, 15) is 9.59 Å². The second kappa shape index (κ2) is 8.81. The maximum absolute atomic E-state index is 12.2. The molecule has 0 atom stereocenters. The molecule has 26 heavy (non-hydrogen) atoms. The smallest absolute Gasteiger partial charge is 0.309 e. The molecule has 0 bridgehead atoms. The van der Waals surface area contributed by atoms with Crippen molar-refractivity contribution in [3.05, 3.63) is 27.2 Å². The molecular weight excluding hydrogens is 397 g/mol. The zero-order valence-corrected chi connectivity index (χ0v) is 17.5. The van der Waals surface area contributed by atoms with Gasteiger partial charge in [0.25, 0.3) is 5.91 Å². The molecule has 0 saturated heterocycles. The summed E-state index contributed by atoms with van der Waals surface area (Å²) in [6, 6.07) is 2.95. The molecule has 2 rings (SSSR count). The highest BCUT2D eigenvalue weighted by Gasteiger charge is 2.33. The molecule has 144 valence electrons. The topological polar surface area (TPSA) is 55.4 Å². The van der Waals surface area contributed by atoms with Gasteiger partial charge in [-0.3, -0.25) is 9.59 Å². The van der Waals surface area contributed by atoms with E-state index in [2.05, 4.69) is 26.1 Å². The van der Waals surface area contributed by atoms with Crippen LogP contribution in [-0.2, 0) is 14.3 Å². The van der Waals surface area contributed by atoms with Crippen LogP contribution >= 0.6 is 34.8 Å². The van der Waals surface area contributed by atoms with Crippen molar-refractivity contribution in [2.24, 2.45) is 17.3 Å². The number of benzene rings is 1. The Kier molecular flexibility index (Phi) is 7.23. The summed E-state index contributed by atoms with van der Waals surface area (Å²) in [6.45, 7) is 6.32. The number of carbonyl (C=O) groups is 2. The Balaban J connectivity index is 1.82. The van der Waals surface area contributed by atoms with Crippen molar-refractivity contribution in [3.8, 4) is 0 Å². The Morgan fingerprint density at radius 3 is 2.12 bits per heavy atom. The molecule has 1 aliphatic carbocycles. The lowest BCUT2D eigenvalue weighted by Gasteiger charge is -2.36. The third kappa shape index (κ3) is 5.77. The molecule has 4 nitrogen and oxygen atoms in total. The number of anilines is 1. The molecule has 1 saturated carbocycles. The van der Waals surface area contributed by atoms with Crippen LogP contribution in [0.1, 0.15) is 46.5 Å². The lowest BCUT2D eigenvalue weighted by Crippen LogP contribution is -2.31. The largest absolute Gasteiger partial charge is 0.455 e. The average Bonchev–Trinajstić information content (AvgIpc) is 2.55. The van der Waals surface area contributed by atoms with Crippen LogP contribution in [0, 0.1) is 17.3 Å². The SMILES string of the molecule is CC(C)(C)C1CCC(C(=O)OCC(=O)Nc2c(Cl)cc(Cl)cc2Cl)CC1. The fraction of sp³-hybridized carbons (Fsp3) is 0.579. The molecule has 1 aromatic rings. The first kappa shape index (κ1) is 21.3. The number of halogens is 3. The fourth-order valence-electron chi connectivity index (χ4n) is 3.29. The van der Waals surface area contributed by atoms with Gasteiger partial charge in [0.15, 0.2) is 6.61 Å². The Hall–Kier alpha value is -0.970. The monoisotopic (exact) mass is 419 g/mol. The molecule has 1 amide bonds. The molecule has 0 heterocycles. The highest BCUT2D eigenvalue weighted by Crippen LogP contribution is 2.40. The van der Waals surface area contributed by atoms with Crippen LogP contribution in [0.3, 0.4) is 0 Å². The minimum atomic E-state index is -0.493. The van der Waals surface area contributed by atoms with E-state index < -0.39 is 5.91 Å². The van der Waals surface area contributed by atoms with Gasteiger partial charge in [0.1, 0.15) is 0 Å². The number of rotatable bonds is 4. The molecule has 0 unspecified atom stereocenters. The second-order valence-corrected chi connectivity index (χ2v) is 9.07. The van der Waals surface area contributed by atoms with Crippen LogP contribution < -0.4 is 5.32 Å². The second-order valence-electron chi connectivity index (χ2n) is 7.81. The van der Waals surface area contributed by atoms with E-state index in [1.165, 1.54) is 12.1 Å². The van der Waals surface area contributed by atoms with Gasteiger partial charge in [-0.05, 0) is 49.1 Å². The third-order valence-electron chi connectivity index (χ3n) is 4.90. The number of nitrogens with one attached hydrogen (secondary N) is 1. The first-order chi connectivity index (χ1) is 12.1. The van der Waals surface area contributed by atoms with E-state index in [4.69, 9.17) is 39.5 Å². The number of esters is 1. The van der Waals surface area contributed by atoms with Gasteiger partial charge in [-0.15, -0.1) is 0 Å². The first-order valence-corrected chi connectivity index (χ1v) is 9.82. The molecule has 0 spiro atoms. The molecule has 1 fully saturated rings. The quantitative estimate of drug-likeness (QED) is 0.609. The highest BCUT2D eigenvalue weighted by molar-refractivity contribution is 6.42. The van der Waals surface area contributed by atoms with Gasteiger partial charge < -0.3 is 10.1 Å². The number of carbonyl (C=O) groups excluding carboxylic acids is 2. The van der Waals surface area contributed by atoms with E-state index in [0.29, 0.717) is 10.9 Å². The van der Waals surface area contributed by atoms with Gasteiger partial charge in [-0.2, -0.15) is 0 Å². The van der Waals surface area contributed by atoms with E-state index in [1.54, 1.807) is 0 Å². The van der Waals surface area contributed by atoms with Gasteiger partial charge in [-0.1, -0.05) is 55.6 Å². The summed E-state index contributed by atoms with van der Waals surface area (Å²) < 4.78 is 5.18. The van der Waals surface area contributed by atoms with Gasteiger partial charge in [0.2, 0.25) is 0 Å². The van der Waals surface area contributed by atoms with Gasteiger partial charge in [-0.25, -0.2) is 0 Å². The Bertz CT molecular complexity index is 654. The number of amides is 1. The lowest BCUT2D eigenvalue weighted by molar-refractivity contribution is -0.153. The highest BCUT2D eigenvalue weighted by atomic mass is 35.5. The molecule has 1 N–H and O–H groups in total. The van der Waals surface area contributed by atoms with Gasteiger partial charge in [0, 0.05) is 5.02 Å². The summed E-state index contributed by atoms with van der Waals surface area (Å²) in [4.78, 5) is 24.3. The molecule has 1 aliphatic rings. The summed E-state index contributed by atoms with van der Waals surface area (Å²) in [5.74, 6) is -0.332. The Labute approximate surface area is 169 Å². The number of hydrogen-bond acceptors (Lipinski definition) is 3. The number of hydrogen-bond donors (Lipinski definition) is 1. The van der Waals surface area contributed by atoms with Crippen LogP contribution in [0.25, 0.3) is 0 Å². The predicted molar refractivity (Wildman–Crippen MR) is 106 cm³/mol. The van der Waals surface area contributed by atoms with Crippen molar-refractivity contribution in [2.45, 2.75) is 46.5 Å². The lowest BCUT2D eigenvalue weighted by atomic mass is 9.70. The van der Waals surface area contributed by atoms with Crippen molar-refractivity contribution in [1.82, 2.24) is 0 Å². The van der Waals surface area contributed by atoms with Crippen LogP contribution in [0.15, 0.2) is 12.1 Å². The Morgan fingerprint density at radius 2 is 1.62 bits per heavy atom. The van der Waals surface area contributed by atoms with Crippen molar-refractivity contribution >= 4 is 52.4 Å². The normalized spacial score (nSPS) is 20.5. The van der Waals surface area contributed by atoms with E-state index >= 15 is 0 Å². The summed E-state index contributed by atoms with van der Waals surface area (Å²) >= 11 is 17.9. The number of ether oxygens (including phenoxy) is 1. The fourth-order valence-corrected chi connectivity index (χ4v) is 4.20. The molecule has 1 aromatic carbocycles. The van der Waals surface area contributed by atoms with Crippen LogP contribution in [0.5, 0.6) is 0 Å². The average molecular weight is 421 g/mol. The van der Waals surface area contributed by atoms with Crippen LogP contribution in [0.4, 0.5) is 5.69 Å². The summed E-state index contributed by atoms with van der Waals surface area (Å²) in [7, 11) is 0. The third-order valence-corrected chi connectivity index (χ3v) is 5.72. The van der Waals surface area contributed by atoms with Crippen molar-refractivity contribution in [2.75, 3.05) is 11.9 Å². The molecule has 0 radical (unpaired) electrons. The predicted octanol–water partition coefficient (Wildman–Crippen LogP) is 5.98. The molecule has 7 heteroatoms. The van der Waals surface area contributed by atoms with Crippen molar-refractivity contribution < 1.29 is 14.3 Å². The minimum absolute atomic E-state index is 0.135. The minimum Gasteiger partial charge on any atom is -0.455 e. The van der Waals surface area contributed by atoms with Gasteiger partial charge in [0.05, 0.1) is 21.7 Å². The van der Waals surface area contributed by atoms with E-state index in [0.717, 1.165) is 25.7 Å². The molecule has 0 aromatic heterocycles. The van der Waals surface area contributed by atoms with Crippen LogP contribution in [0.2, 0.25) is 15.1 Å². The van der Waals surface area contributed by atoms with Crippen LogP contribution in [-0.4, -0.2) is 18.5 Å². The standard InChI is InChI=1S/C19H24Cl3NO3/c1-19(2,3)12-6-4-11(5-7-12)18(25)26-10-16(24)23-17-14(21)8-13(20)9-15(17)22/h8-9,11-12H,4-7,10H2,1-3H3,(H,23,24). The van der Waals surface area contributed by atoms with Crippen molar-refractivity contribution in [3.63, 3.8) is 0 Å². The Morgan fingerprint density at radius 1 is 1.08 bits per heavy atom. The summed E-state index contributed by atoms with van der Waals surface area (Å²) in [5, 5.41) is 3.37. The zero-order valence-electron chi connectivity index (χ0n) is 15.2. The van der Waals surface area contributed by atoms with Gasteiger partial charge >= 0.3 is 5.97 Å². The first-order valence-electron chi connectivity index (χ1n) is 8.69. The van der Waals surface area contributed by atoms with E-state index in [-0.39, 0.29) is 39.6 Å². The maximum atomic E-state index is 12.2. The molecular formula is C19H24Cl3NO3. The molecule has 0 aliphatic heterocycles. The van der Waals surface area contributed by atoms with Crippen molar-refractivity contribution in [1.29, 1.82) is 0 Å².